The second-order valence-corrected chi connectivity index (χ2v) is 9.70. The van der Waals surface area contributed by atoms with Crippen LogP contribution in [0.3, 0.4) is 0 Å². The van der Waals surface area contributed by atoms with Crippen molar-refractivity contribution < 1.29 is 22.3 Å². The molecule has 1 aliphatic heterocycles. The molecule has 1 fully saturated rings. The van der Waals surface area contributed by atoms with E-state index in [2.05, 4.69) is 15.0 Å². The van der Waals surface area contributed by atoms with Gasteiger partial charge in [0.05, 0.1) is 29.8 Å². The van der Waals surface area contributed by atoms with Crippen molar-refractivity contribution in [3.63, 3.8) is 0 Å². The van der Waals surface area contributed by atoms with E-state index in [1.54, 1.807) is 43.4 Å². The van der Waals surface area contributed by atoms with Gasteiger partial charge in [-0.25, -0.2) is 22.8 Å². The van der Waals surface area contributed by atoms with Gasteiger partial charge in [-0.3, -0.25) is 4.98 Å². The van der Waals surface area contributed by atoms with Gasteiger partial charge >= 0.3 is 0 Å². The van der Waals surface area contributed by atoms with E-state index in [0.29, 0.717) is 34.5 Å². The van der Waals surface area contributed by atoms with Gasteiger partial charge in [0.2, 0.25) is 15.9 Å². The molecule has 0 aliphatic carbocycles. The van der Waals surface area contributed by atoms with Crippen LogP contribution < -0.4 is 9.64 Å². The largest absolute Gasteiger partial charge is 0.473 e. The number of ether oxygens (including phenoxy) is 2. The summed E-state index contributed by atoms with van der Waals surface area (Å²) in [6, 6.07) is 6.60. The highest BCUT2D eigenvalue weighted by Gasteiger charge is 2.27. The molecule has 9 nitrogen and oxygen atoms in total. The van der Waals surface area contributed by atoms with Crippen LogP contribution in [-0.2, 0) is 14.8 Å². The second-order valence-electron chi connectivity index (χ2n) is 7.72. The fourth-order valence-corrected chi connectivity index (χ4v) is 4.33. The minimum atomic E-state index is -3.31. The Morgan fingerprint density at radius 2 is 2.03 bits per heavy atom. The number of pyridine rings is 1. The van der Waals surface area contributed by atoms with Crippen LogP contribution in [-0.4, -0.2) is 80.4 Å². The number of halogens is 1. The highest BCUT2D eigenvalue weighted by Crippen LogP contribution is 2.29. The van der Waals surface area contributed by atoms with Crippen molar-refractivity contribution in [1.29, 1.82) is 0 Å². The van der Waals surface area contributed by atoms with Gasteiger partial charge in [0, 0.05) is 45.1 Å². The Morgan fingerprint density at radius 1 is 1.25 bits per heavy atom. The summed E-state index contributed by atoms with van der Waals surface area (Å²) in [4.78, 5) is 14.9. The Morgan fingerprint density at radius 3 is 2.75 bits per heavy atom. The van der Waals surface area contributed by atoms with Crippen LogP contribution in [0.2, 0.25) is 0 Å². The first-order valence-corrected chi connectivity index (χ1v) is 11.9. The first-order valence-electron chi connectivity index (χ1n) is 10.0. The molecule has 3 heterocycles. The molecule has 1 aromatic carbocycles. The van der Waals surface area contributed by atoms with Crippen LogP contribution in [0.1, 0.15) is 0 Å². The van der Waals surface area contributed by atoms with E-state index >= 15 is 0 Å². The second kappa shape index (κ2) is 8.93. The first kappa shape index (κ1) is 22.3. The summed E-state index contributed by atoms with van der Waals surface area (Å²) in [6.07, 6.45) is 3.81. The number of anilines is 1. The highest BCUT2D eigenvalue weighted by molar-refractivity contribution is 7.88. The minimum Gasteiger partial charge on any atom is -0.473 e. The molecule has 2 aromatic heterocycles. The molecule has 0 amide bonds. The molecule has 1 atom stereocenters. The fourth-order valence-electron chi connectivity index (χ4n) is 3.49. The van der Waals surface area contributed by atoms with Crippen LogP contribution in [0.5, 0.6) is 5.88 Å². The number of morpholine rings is 1. The molecule has 32 heavy (non-hydrogen) atoms. The van der Waals surface area contributed by atoms with Crippen molar-refractivity contribution >= 4 is 26.7 Å². The third-order valence-electron chi connectivity index (χ3n) is 5.13. The van der Waals surface area contributed by atoms with Crippen molar-refractivity contribution in [3.8, 4) is 17.1 Å². The van der Waals surface area contributed by atoms with Gasteiger partial charge in [-0.2, -0.15) is 4.31 Å². The lowest BCUT2D eigenvalue weighted by molar-refractivity contribution is -0.0252. The lowest BCUT2D eigenvalue weighted by Gasteiger charge is -2.30. The number of rotatable bonds is 6. The minimum absolute atomic E-state index is 0.0854. The monoisotopic (exact) mass is 461 g/mol. The van der Waals surface area contributed by atoms with Crippen molar-refractivity contribution in [2.24, 2.45) is 0 Å². The molecule has 0 radical (unpaired) electrons. The van der Waals surface area contributed by atoms with E-state index in [9.17, 15) is 12.8 Å². The van der Waals surface area contributed by atoms with Crippen molar-refractivity contribution in [1.82, 2.24) is 19.3 Å². The fraction of sp³-hybridized carbons (Fsp3) is 0.381. The summed E-state index contributed by atoms with van der Waals surface area (Å²) in [6.45, 7) is 0.875. The average molecular weight is 462 g/mol. The van der Waals surface area contributed by atoms with Crippen LogP contribution >= 0.6 is 0 Å². The van der Waals surface area contributed by atoms with Gasteiger partial charge in [0.25, 0.3) is 0 Å². The zero-order valence-corrected chi connectivity index (χ0v) is 18.8. The summed E-state index contributed by atoms with van der Waals surface area (Å²) in [5.41, 5.74) is 2.53. The zero-order valence-electron chi connectivity index (χ0n) is 18.0. The molecule has 0 N–H and O–H groups in total. The Kier molecular flexibility index (Phi) is 6.22. The van der Waals surface area contributed by atoms with E-state index in [1.165, 1.54) is 22.8 Å². The Bertz CT molecular complexity index is 1240. The molecule has 1 saturated heterocycles. The van der Waals surface area contributed by atoms with Crippen molar-refractivity contribution in [2.75, 3.05) is 51.6 Å². The molecule has 170 valence electrons. The Hall–Kier alpha value is -2.89. The standard InChI is InChI=1S/C21H24FN5O4S/c1-26(2)19-5-4-14(10-16(19)22)17-11-18-20(24-7-6-23-18)21(25-17)31-13-15-12-27(8-9-30-15)32(3,28)29/h4-7,10-11,15H,8-9,12-13H2,1-3H3/t15-/m0/s1. The normalized spacial score (nSPS) is 17.4. The van der Waals surface area contributed by atoms with Crippen LogP contribution in [0.25, 0.3) is 22.3 Å². The number of aromatic nitrogens is 3. The smallest absolute Gasteiger partial charge is 0.242 e. The van der Waals surface area contributed by atoms with E-state index in [0.717, 1.165) is 0 Å². The highest BCUT2D eigenvalue weighted by atomic mass is 32.2. The zero-order chi connectivity index (χ0) is 22.9. The quantitative estimate of drug-likeness (QED) is 0.549. The molecule has 0 saturated carbocycles. The first-order chi connectivity index (χ1) is 15.2. The summed E-state index contributed by atoms with van der Waals surface area (Å²) in [5.74, 6) is -0.143. The number of hydrogen-bond donors (Lipinski definition) is 0. The van der Waals surface area contributed by atoms with E-state index in [4.69, 9.17) is 9.47 Å². The lowest BCUT2D eigenvalue weighted by atomic mass is 10.1. The van der Waals surface area contributed by atoms with Gasteiger partial charge in [0.15, 0.2) is 5.52 Å². The summed E-state index contributed by atoms with van der Waals surface area (Å²) in [5, 5.41) is 0. The van der Waals surface area contributed by atoms with E-state index in [-0.39, 0.29) is 31.5 Å². The third kappa shape index (κ3) is 4.79. The summed E-state index contributed by atoms with van der Waals surface area (Å²) in [7, 11) is 0.228. The number of sulfonamides is 1. The van der Waals surface area contributed by atoms with Crippen LogP contribution in [0, 0.1) is 5.82 Å². The summed E-state index contributed by atoms with van der Waals surface area (Å²) < 4.78 is 51.1. The summed E-state index contributed by atoms with van der Waals surface area (Å²) >= 11 is 0. The number of fused-ring (bicyclic) bond motifs is 1. The van der Waals surface area contributed by atoms with Gasteiger partial charge in [-0.1, -0.05) is 6.07 Å². The van der Waals surface area contributed by atoms with Crippen LogP contribution in [0.15, 0.2) is 36.7 Å². The molecule has 1 aliphatic rings. The maximum Gasteiger partial charge on any atom is 0.242 e. The topological polar surface area (TPSA) is 97.8 Å². The van der Waals surface area contributed by atoms with Gasteiger partial charge in [-0.15, -0.1) is 0 Å². The maximum atomic E-state index is 14.5. The van der Waals surface area contributed by atoms with Gasteiger partial charge in [0.1, 0.15) is 18.5 Å². The van der Waals surface area contributed by atoms with Crippen LogP contribution in [0.4, 0.5) is 10.1 Å². The number of hydrogen-bond acceptors (Lipinski definition) is 8. The molecule has 0 bridgehead atoms. The SMILES string of the molecule is CN(C)c1ccc(-c2cc3nccnc3c(OC[C@@H]3CN(S(C)(=O)=O)CCO3)n2)cc1F. The predicted molar refractivity (Wildman–Crippen MR) is 119 cm³/mol. The molecule has 0 spiro atoms. The predicted octanol–water partition coefficient (Wildman–Crippen LogP) is 1.94. The molecule has 11 heteroatoms. The van der Waals surface area contributed by atoms with Gasteiger partial charge in [-0.05, 0) is 18.2 Å². The number of nitrogens with zero attached hydrogens (tertiary/aromatic N) is 5. The molecule has 0 unspecified atom stereocenters. The Labute approximate surface area is 185 Å². The molecular formula is C21H24FN5O4S. The number of benzene rings is 1. The molecule has 4 rings (SSSR count). The average Bonchev–Trinajstić information content (AvgIpc) is 2.76. The lowest BCUT2D eigenvalue weighted by Crippen LogP contribution is -2.47. The third-order valence-corrected chi connectivity index (χ3v) is 6.40. The van der Waals surface area contributed by atoms with E-state index in [1.807, 2.05) is 0 Å². The Balaban J connectivity index is 1.62. The van der Waals surface area contributed by atoms with Gasteiger partial charge < -0.3 is 14.4 Å². The van der Waals surface area contributed by atoms with E-state index < -0.39 is 16.1 Å². The van der Waals surface area contributed by atoms with Crippen molar-refractivity contribution in [2.45, 2.75) is 6.10 Å². The molecular weight excluding hydrogens is 437 g/mol. The molecule has 3 aromatic rings. The maximum absolute atomic E-state index is 14.5. The van der Waals surface area contributed by atoms with Crippen molar-refractivity contribution in [3.05, 3.63) is 42.5 Å².